The van der Waals surface area contributed by atoms with Crippen LogP contribution in [0.1, 0.15) is 37.1 Å². The number of halogens is 3. The minimum Gasteiger partial charge on any atom is -0.465 e. The maximum atomic E-state index is 13.5. The summed E-state index contributed by atoms with van der Waals surface area (Å²) in [5.74, 6) is 0.205. The van der Waals surface area contributed by atoms with Crippen molar-refractivity contribution in [3.8, 4) is 11.5 Å². The molecule has 36 heavy (non-hydrogen) atoms. The Labute approximate surface area is 224 Å². The third kappa shape index (κ3) is 5.50. The number of rotatable bonds is 8. The highest BCUT2D eigenvalue weighted by Gasteiger charge is 2.34. The Morgan fingerprint density at radius 1 is 1.14 bits per heavy atom. The molecule has 1 heterocycles. The number of fused-ring (bicyclic) bond motifs is 1. The van der Waals surface area contributed by atoms with Gasteiger partial charge in [-0.2, -0.15) is 9.40 Å². The summed E-state index contributed by atoms with van der Waals surface area (Å²) in [5, 5.41) is 5.19. The van der Waals surface area contributed by atoms with Crippen LogP contribution in [-0.4, -0.2) is 42.1 Å². The Bertz CT molecular complexity index is 1390. The van der Waals surface area contributed by atoms with E-state index >= 15 is 0 Å². The number of aromatic nitrogens is 2. The molecule has 1 atom stereocenters. The predicted octanol–water partition coefficient (Wildman–Crippen LogP) is 5.90. The van der Waals surface area contributed by atoms with E-state index in [1.165, 1.54) is 35.6 Å². The van der Waals surface area contributed by atoms with E-state index in [-0.39, 0.29) is 34.8 Å². The molecule has 0 aliphatic heterocycles. The Morgan fingerprint density at radius 2 is 1.83 bits per heavy atom. The van der Waals surface area contributed by atoms with E-state index < -0.39 is 16.1 Å². The van der Waals surface area contributed by atoms with Gasteiger partial charge in [-0.05, 0) is 62.6 Å². The van der Waals surface area contributed by atoms with Crippen molar-refractivity contribution in [3.05, 3.63) is 68.9 Å². The zero-order valence-corrected chi connectivity index (χ0v) is 22.7. The zero-order valence-electron chi connectivity index (χ0n) is 19.6. The fourth-order valence-corrected chi connectivity index (χ4v) is 6.30. The molecule has 0 unspecified atom stereocenters. The molecule has 8 nitrogen and oxygen atoms in total. The first kappa shape index (κ1) is 26.8. The number of hydrogen-bond donors (Lipinski definition) is 0. The van der Waals surface area contributed by atoms with Crippen molar-refractivity contribution in [3.63, 3.8) is 0 Å². The zero-order chi connectivity index (χ0) is 26.0. The van der Waals surface area contributed by atoms with Crippen molar-refractivity contribution in [2.45, 2.75) is 43.7 Å². The van der Waals surface area contributed by atoms with Crippen molar-refractivity contribution in [1.29, 1.82) is 0 Å². The largest absolute Gasteiger partial charge is 0.465 e. The molecule has 12 heteroatoms. The van der Waals surface area contributed by atoms with Crippen LogP contribution in [0.2, 0.25) is 15.1 Å². The average Bonchev–Trinajstić information content (AvgIpc) is 3.24. The van der Waals surface area contributed by atoms with E-state index in [1.54, 1.807) is 29.9 Å². The van der Waals surface area contributed by atoms with Crippen LogP contribution in [0.3, 0.4) is 0 Å². The lowest BCUT2D eigenvalue weighted by Crippen LogP contribution is -2.33. The Hall–Kier alpha value is -2.30. The molecule has 0 saturated heterocycles. The standard InChI is InChI=1S/C24H24Cl3N3O5S/c1-3-34-24(31)14-30-21-6-4-5-20(17(21)13-28-30)29(2)36(32,33)16-8-10-23(19(27)12-16)35-22-9-7-15(25)11-18(22)26/h7-13,20H,3-6,14H2,1-2H3/t20-/m1/s1. The van der Waals surface area contributed by atoms with Gasteiger partial charge in [-0.25, -0.2) is 8.42 Å². The van der Waals surface area contributed by atoms with E-state index in [9.17, 15) is 13.2 Å². The maximum absolute atomic E-state index is 13.5. The Morgan fingerprint density at radius 3 is 2.50 bits per heavy atom. The highest BCUT2D eigenvalue weighted by atomic mass is 35.5. The van der Waals surface area contributed by atoms with Crippen LogP contribution in [0.5, 0.6) is 11.5 Å². The van der Waals surface area contributed by atoms with Crippen molar-refractivity contribution in [1.82, 2.24) is 14.1 Å². The van der Waals surface area contributed by atoms with Crippen LogP contribution < -0.4 is 4.74 Å². The quantitative estimate of drug-likeness (QED) is 0.312. The van der Waals surface area contributed by atoms with Gasteiger partial charge in [-0.15, -0.1) is 0 Å². The van der Waals surface area contributed by atoms with E-state index in [2.05, 4.69) is 5.10 Å². The van der Waals surface area contributed by atoms with Crippen molar-refractivity contribution in [2.75, 3.05) is 13.7 Å². The number of carbonyl (C=O) groups excluding carboxylic acids is 1. The summed E-state index contributed by atoms with van der Waals surface area (Å²) < 4.78 is 40.7. The van der Waals surface area contributed by atoms with Gasteiger partial charge >= 0.3 is 5.97 Å². The van der Waals surface area contributed by atoms with Crippen LogP contribution in [0.25, 0.3) is 0 Å². The first-order valence-electron chi connectivity index (χ1n) is 11.2. The first-order chi connectivity index (χ1) is 17.1. The molecule has 1 aromatic heterocycles. The summed E-state index contributed by atoms with van der Waals surface area (Å²) in [6.07, 6.45) is 3.70. The maximum Gasteiger partial charge on any atom is 0.327 e. The summed E-state index contributed by atoms with van der Waals surface area (Å²) >= 11 is 18.5. The lowest BCUT2D eigenvalue weighted by Gasteiger charge is -2.31. The molecule has 1 aliphatic rings. The number of nitrogens with zero attached hydrogens (tertiary/aromatic N) is 3. The molecule has 0 spiro atoms. The number of carbonyl (C=O) groups is 1. The molecule has 192 valence electrons. The van der Waals surface area contributed by atoms with Gasteiger partial charge in [0, 0.05) is 23.3 Å². The molecule has 0 N–H and O–H groups in total. The molecular weight excluding hydrogens is 549 g/mol. The van der Waals surface area contributed by atoms with E-state index in [0.29, 0.717) is 28.6 Å². The van der Waals surface area contributed by atoms with Gasteiger partial charge in [0.1, 0.15) is 18.0 Å². The van der Waals surface area contributed by atoms with Crippen LogP contribution in [0, 0.1) is 0 Å². The number of benzene rings is 2. The third-order valence-electron chi connectivity index (χ3n) is 5.95. The topological polar surface area (TPSA) is 90.7 Å². The van der Waals surface area contributed by atoms with Gasteiger partial charge in [0.15, 0.2) is 0 Å². The Balaban J connectivity index is 1.57. The molecule has 0 fully saturated rings. The second kappa shape index (κ2) is 11.0. The van der Waals surface area contributed by atoms with Gasteiger partial charge in [-0.1, -0.05) is 34.8 Å². The van der Waals surface area contributed by atoms with Crippen molar-refractivity contribution >= 4 is 50.8 Å². The van der Waals surface area contributed by atoms with Crippen LogP contribution in [0.15, 0.2) is 47.5 Å². The minimum atomic E-state index is -3.91. The molecule has 0 bridgehead atoms. The van der Waals surface area contributed by atoms with Crippen molar-refractivity contribution in [2.24, 2.45) is 0 Å². The second-order valence-electron chi connectivity index (χ2n) is 8.21. The van der Waals surface area contributed by atoms with Gasteiger partial charge in [0.2, 0.25) is 10.0 Å². The van der Waals surface area contributed by atoms with Crippen LogP contribution in [0.4, 0.5) is 0 Å². The lowest BCUT2D eigenvalue weighted by molar-refractivity contribution is -0.144. The molecule has 0 saturated carbocycles. The molecule has 0 radical (unpaired) electrons. The van der Waals surface area contributed by atoms with Gasteiger partial charge in [0.25, 0.3) is 0 Å². The second-order valence-corrected chi connectivity index (χ2v) is 11.5. The molecule has 1 aliphatic carbocycles. The minimum absolute atomic E-state index is 0.0128. The summed E-state index contributed by atoms with van der Waals surface area (Å²) in [4.78, 5) is 12.0. The van der Waals surface area contributed by atoms with Gasteiger partial charge < -0.3 is 9.47 Å². The summed E-state index contributed by atoms with van der Waals surface area (Å²) in [7, 11) is -2.38. The average molecular weight is 573 g/mol. The van der Waals surface area contributed by atoms with E-state index in [4.69, 9.17) is 44.3 Å². The number of ether oxygens (including phenoxy) is 2. The summed E-state index contributed by atoms with van der Waals surface area (Å²) in [5.41, 5.74) is 1.61. The molecule has 3 aromatic rings. The SMILES string of the molecule is CCOC(=O)Cn1ncc2c1CCC[C@H]2N(C)S(=O)(=O)c1ccc(Oc2ccc(Cl)cc2Cl)c(Cl)c1. The molecule has 4 rings (SSSR count). The summed E-state index contributed by atoms with van der Waals surface area (Å²) in [6, 6.07) is 8.59. The van der Waals surface area contributed by atoms with Gasteiger partial charge in [0.05, 0.1) is 33.8 Å². The smallest absolute Gasteiger partial charge is 0.327 e. The highest BCUT2D eigenvalue weighted by Crippen LogP contribution is 2.39. The lowest BCUT2D eigenvalue weighted by atomic mass is 9.93. The molecule has 2 aromatic carbocycles. The third-order valence-corrected chi connectivity index (χ3v) is 8.64. The predicted molar refractivity (Wildman–Crippen MR) is 137 cm³/mol. The highest BCUT2D eigenvalue weighted by molar-refractivity contribution is 7.89. The number of esters is 1. The monoisotopic (exact) mass is 571 g/mol. The normalized spacial score (nSPS) is 15.6. The molecular formula is C24H24Cl3N3O5S. The summed E-state index contributed by atoms with van der Waals surface area (Å²) in [6.45, 7) is 2.01. The van der Waals surface area contributed by atoms with E-state index in [0.717, 1.165) is 17.7 Å². The van der Waals surface area contributed by atoms with Crippen LogP contribution >= 0.6 is 34.8 Å². The van der Waals surface area contributed by atoms with Crippen LogP contribution in [-0.2, 0) is 32.5 Å². The number of hydrogen-bond acceptors (Lipinski definition) is 6. The molecule has 0 amide bonds. The first-order valence-corrected chi connectivity index (χ1v) is 13.8. The Kier molecular flexibility index (Phi) is 8.16. The van der Waals surface area contributed by atoms with E-state index in [1.807, 2.05) is 0 Å². The fraction of sp³-hybridized carbons (Fsp3) is 0.333. The van der Waals surface area contributed by atoms with Crippen molar-refractivity contribution < 1.29 is 22.7 Å². The van der Waals surface area contributed by atoms with Gasteiger partial charge in [-0.3, -0.25) is 9.48 Å². The number of sulfonamides is 1. The fourth-order valence-electron chi connectivity index (χ4n) is 4.17.